The highest BCUT2D eigenvalue weighted by Gasteiger charge is 2.19. The van der Waals surface area contributed by atoms with Crippen LogP contribution in [0.4, 0.5) is 0 Å². The fraction of sp³-hybridized carbons (Fsp3) is 1.00. The van der Waals surface area contributed by atoms with Crippen molar-refractivity contribution < 1.29 is 0 Å². The van der Waals surface area contributed by atoms with E-state index in [4.69, 9.17) is 0 Å². The maximum absolute atomic E-state index is 2.91. The summed E-state index contributed by atoms with van der Waals surface area (Å²) in [5.74, 6) is 0. The Morgan fingerprint density at radius 3 is 0.783 bits per heavy atom. The van der Waals surface area contributed by atoms with Crippen molar-refractivity contribution in [2.75, 3.05) is 98.2 Å². The van der Waals surface area contributed by atoms with Gasteiger partial charge in [0.05, 0.1) is 0 Å². The average molecular weight is 845 g/mol. The Morgan fingerprint density at radius 2 is 0.450 bits per heavy atom. The SMILES string of the molecule is CCCCCCCCCCCCN(CCN1CCCCCCCCCCCCCCCCCCCCCC1)CCN1CCN(CCN(CCCCC)CCCCCC)CC1. The standard InChI is InChI=1S/C55H113N5/c1-4-7-10-12-13-14-27-32-35-40-45-58(49-51-60-54-52-59(53-55-60)50-47-56(41-36-9-6-3)42-37-11-8-5-2)48-46-57-43-38-33-30-28-25-23-21-19-17-15-16-18-20-22-24-26-29-31-34-39-44-57/h4-55H2,1-3H3. The van der Waals surface area contributed by atoms with Gasteiger partial charge >= 0.3 is 0 Å². The van der Waals surface area contributed by atoms with Crippen LogP contribution in [0.1, 0.15) is 258 Å². The number of hydrogen-bond donors (Lipinski definition) is 0. The minimum Gasteiger partial charge on any atom is -0.302 e. The first-order chi connectivity index (χ1) is 29.7. The highest BCUT2D eigenvalue weighted by Crippen LogP contribution is 2.17. The molecule has 0 aliphatic carbocycles. The molecule has 0 radical (unpaired) electrons. The van der Waals surface area contributed by atoms with Gasteiger partial charge in [-0.25, -0.2) is 0 Å². The molecule has 2 heterocycles. The van der Waals surface area contributed by atoms with E-state index in [1.165, 1.54) is 336 Å². The highest BCUT2D eigenvalue weighted by atomic mass is 15.3. The quantitative estimate of drug-likeness (QED) is 0.0695. The van der Waals surface area contributed by atoms with E-state index < -0.39 is 0 Å². The fourth-order valence-electron chi connectivity index (χ4n) is 10.1. The summed E-state index contributed by atoms with van der Waals surface area (Å²) in [6.07, 6.45) is 53.4. The van der Waals surface area contributed by atoms with Crippen LogP contribution in [0.15, 0.2) is 0 Å². The van der Waals surface area contributed by atoms with Gasteiger partial charge in [0.1, 0.15) is 0 Å². The van der Waals surface area contributed by atoms with Crippen molar-refractivity contribution in [2.45, 2.75) is 258 Å². The van der Waals surface area contributed by atoms with Gasteiger partial charge in [0.15, 0.2) is 0 Å². The predicted octanol–water partition coefficient (Wildman–Crippen LogP) is 15.0. The van der Waals surface area contributed by atoms with Crippen LogP contribution in [0.5, 0.6) is 0 Å². The molecule has 60 heavy (non-hydrogen) atoms. The van der Waals surface area contributed by atoms with Crippen LogP contribution in [0, 0.1) is 0 Å². The number of piperazine rings is 1. The molecule has 0 spiro atoms. The van der Waals surface area contributed by atoms with Crippen molar-refractivity contribution >= 4 is 0 Å². The van der Waals surface area contributed by atoms with E-state index in [9.17, 15) is 0 Å². The molecule has 2 rings (SSSR count). The molecule has 5 nitrogen and oxygen atoms in total. The average Bonchev–Trinajstić information content (AvgIpc) is 3.26. The van der Waals surface area contributed by atoms with Crippen molar-refractivity contribution in [1.82, 2.24) is 24.5 Å². The van der Waals surface area contributed by atoms with E-state index in [1.54, 1.807) is 0 Å². The zero-order chi connectivity index (χ0) is 42.7. The molecule has 358 valence electrons. The van der Waals surface area contributed by atoms with Crippen LogP contribution >= 0.6 is 0 Å². The Labute approximate surface area is 379 Å². The third-order valence-corrected chi connectivity index (χ3v) is 14.6. The van der Waals surface area contributed by atoms with Gasteiger partial charge in [-0.2, -0.15) is 0 Å². The summed E-state index contributed by atoms with van der Waals surface area (Å²) >= 11 is 0. The van der Waals surface area contributed by atoms with E-state index in [1.807, 2.05) is 0 Å². The molecule has 0 atom stereocenters. The Hall–Kier alpha value is -0.200. The summed E-state index contributed by atoms with van der Waals surface area (Å²) < 4.78 is 0. The molecule has 0 aromatic carbocycles. The lowest BCUT2D eigenvalue weighted by atomic mass is 10.0. The normalized spacial score (nSPS) is 19.4. The predicted molar refractivity (Wildman–Crippen MR) is 270 cm³/mol. The molecule has 2 aliphatic rings. The van der Waals surface area contributed by atoms with Gasteiger partial charge in [-0.15, -0.1) is 0 Å². The largest absolute Gasteiger partial charge is 0.302 e. The summed E-state index contributed by atoms with van der Waals surface area (Å²) in [5, 5.41) is 0. The Morgan fingerprint density at radius 1 is 0.233 bits per heavy atom. The summed E-state index contributed by atoms with van der Waals surface area (Å²) in [6, 6.07) is 0. The Kier molecular flexibility index (Phi) is 41.0. The monoisotopic (exact) mass is 844 g/mol. The second-order valence-corrected chi connectivity index (χ2v) is 20.2. The first-order valence-electron chi connectivity index (χ1n) is 28.4. The molecule has 0 N–H and O–H groups in total. The molecule has 0 amide bonds. The van der Waals surface area contributed by atoms with Gasteiger partial charge in [-0.1, -0.05) is 226 Å². The van der Waals surface area contributed by atoms with E-state index in [0.29, 0.717) is 0 Å². The smallest absolute Gasteiger partial charge is 0.0110 e. The Balaban J connectivity index is 1.85. The van der Waals surface area contributed by atoms with Crippen LogP contribution in [0.3, 0.4) is 0 Å². The highest BCUT2D eigenvalue weighted by molar-refractivity contribution is 4.75. The van der Waals surface area contributed by atoms with Crippen molar-refractivity contribution in [1.29, 1.82) is 0 Å². The molecule has 5 heteroatoms. The molecule has 2 aliphatic heterocycles. The van der Waals surface area contributed by atoms with Gasteiger partial charge in [-0.05, 0) is 64.8 Å². The molecule has 2 saturated heterocycles. The first kappa shape index (κ1) is 55.9. The molecular formula is C55H113N5. The van der Waals surface area contributed by atoms with Crippen molar-refractivity contribution in [3.8, 4) is 0 Å². The third kappa shape index (κ3) is 35.2. The van der Waals surface area contributed by atoms with E-state index in [0.717, 1.165) is 0 Å². The second kappa shape index (κ2) is 44.0. The van der Waals surface area contributed by atoms with Crippen LogP contribution in [0.25, 0.3) is 0 Å². The summed E-state index contributed by atoms with van der Waals surface area (Å²) in [6.45, 7) is 26.4. The van der Waals surface area contributed by atoms with E-state index in [-0.39, 0.29) is 0 Å². The zero-order valence-corrected chi connectivity index (χ0v) is 42.0. The van der Waals surface area contributed by atoms with Crippen LogP contribution in [-0.2, 0) is 0 Å². The lowest BCUT2D eigenvalue weighted by Gasteiger charge is -2.37. The number of nitrogens with zero attached hydrogens (tertiary/aromatic N) is 5. The number of unbranched alkanes of at least 4 members (excludes halogenated alkanes) is 14. The van der Waals surface area contributed by atoms with Crippen LogP contribution < -0.4 is 0 Å². The van der Waals surface area contributed by atoms with Crippen LogP contribution in [0.2, 0.25) is 0 Å². The molecule has 0 unspecified atom stereocenters. The maximum atomic E-state index is 2.91. The van der Waals surface area contributed by atoms with Gasteiger partial charge in [-0.3, -0.25) is 9.80 Å². The third-order valence-electron chi connectivity index (χ3n) is 14.6. The fourth-order valence-corrected chi connectivity index (χ4v) is 10.1. The lowest BCUT2D eigenvalue weighted by molar-refractivity contribution is 0.104. The molecule has 0 bridgehead atoms. The molecule has 0 saturated carbocycles. The topological polar surface area (TPSA) is 16.2 Å². The van der Waals surface area contributed by atoms with Gasteiger partial charge < -0.3 is 14.7 Å². The first-order valence-corrected chi connectivity index (χ1v) is 28.4. The van der Waals surface area contributed by atoms with Crippen molar-refractivity contribution in [3.63, 3.8) is 0 Å². The number of rotatable bonds is 29. The van der Waals surface area contributed by atoms with Crippen molar-refractivity contribution in [3.05, 3.63) is 0 Å². The van der Waals surface area contributed by atoms with Gasteiger partial charge in [0.2, 0.25) is 0 Å². The zero-order valence-electron chi connectivity index (χ0n) is 42.0. The molecule has 0 aromatic heterocycles. The molecule has 2 fully saturated rings. The summed E-state index contributed by atoms with van der Waals surface area (Å²) in [7, 11) is 0. The minimum atomic E-state index is 1.27. The van der Waals surface area contributed by atoms with E-state index in [2.05, 4.69) is 45.3 Å². The maximum Gasteiger partial charge on any atom is 0.0110 e. The molecule has 0 aromatic rings. The minimum absolute atomic E-state index is 1.27. The van der Waals surface area contributed by atoms with Gasteiger partial charge in [0, 0.05) is 65.4 Å². The van der Waals surface area contributed by atoms with Crippen molar-refractivity contribution in [2.24, 2.45) is 0 Å². The summed E-state index contributed by atoms with van der Waals surface area (Å²) in [4.78, 5) is 14.2. The number of hydrogen-bond acceptors (Lipinski definition) is 5. The van der Waals surface area contributed by atoms with Crippen LogP contribution in [-0.4, -0.2) is 123 Å². The molecular weight excluding hydrogens is 731 g/mol. The van der Waals surface area contributed by atoms with E-state index >= 15 is 0 Å². The Bertz CT molecular complexity index is 806. The summed E-state index contributed by atoms with van der Waals surface area (Å²) in [5.41, 5.74) is 0. The second-order valence-electron chi connectivity index (χ2n) is 20.2. The lowest BCUT2D eigenvalue weighted by Crippen LogP contribution is -2.50. The van der Waals surface area contributed by atoms with Gasteiger partial charge in [0.25, 0.3) is 0 Å².